The summed E-state index contributed by atoms with van der Waals surface area (Å²) in [5, 5.41) is 3.19. The van der Waals surface area contributed by atoms with Gasteiger partial charge in [-0.25, -0.2) is 4.79 Å². The number of hydrogen-bond acceptors (Lipinski definition) is 5. The standard InChI is InChI=1S/C26H18ClF3N2O5/c1-14-22(35-18-7-5-17(27)6-8-18)20-10-9-19(37-26(28,29)30)12-21(20)32(14)13-15-3-2-4-16(11-15)23-24(33)31-25(34)36-23/h2-12,23H,13H2,1H3,(H,31,33,34). The van der Waals surface area contributed by atoms with E-state index in [9.17, 15) is 22.8 Å². The Hall–Kier alpha value is -4.18. The number of amides is 2. The number of alkyl halides is 3. The molecule has 1 atom stereocenters. The number of hydrogen-bond donors (Lipinski definition) is 1. The fraction of sp³-hybridized carbons (Fsp3) is 0.154. The Labute approximate surface area is 213 Å². The lowest BCUT2D eigenvalue weighted by Gasteiger charge is -2.13. The number of fused-ring (bicyclic) bond motifs is 1. The van der Waals surface area contributed by atoms with Gasteiger partial charge in [-0.2, -0.15) is 0 Å². The van der Waals surface area contributed by atoms with E-state index in [4.69, 9.17) is 21.1 Å². The van der Waals surface area contributed by atoms with Crippen LogP contribution in [0.1, 0.15) is 22.9 Å². The first kappa shape index (κ1) is 24.5. The van der Waals surface area contributed by atoms with Gasteiger partial charge in [-0.05, 0) is 55.0 Å². The van der Waals surface area contributed by atoms with Crippen LogP contribution in [0.4, 0.5) is 18.0 Å². The van der Waals surface area contributed by atoms with Crippen molar-refractivity contribution in [3.8, 4) is 17.2 Å². The smallest absolute Gasteiger partial charge is 0.455 e. The zero-order valence-electron chi connectivity index (χ0n) is 19.1. The molecule has 0 saturated carbocycles. The van der Waals surface area contributed by atoms with Crippen LogP contribution in [0.2, 0.25) is 5.02 Å². The fourth-order valence-corrected chi connectivity index (χ4v) is 4.31. The molecule has 1 unspecified atom stereocenters. The molecule has 1 saturated heterocycles. The third-order valence-electron chi connectivity index (χ3n) is 5.79. The lowest BCUT2D eigenvalue weighted by molar-refractivity contribution is -0.274. The molecule has 0 aliphatic carbocycles. The molecule has 0 bridgehead atoms. The van der Waals surface area contributed by atoms with E-state index in [1.807, 2.05) is 0 Å². The summed E-state index contributed by atoms with van der Waals surface area (Å²) in [5.41, 5.74) is 2.27. The predicted octanol–water partition coefficient (Wildman–Crippen LogP) is 6.65. The number of carbonyl (C=O) groups excluding carboxylic acids is 2. The Morgan fingerprint density at radius 1 is 1.03 bits per heavy atom. The first-order valence-electron chi connectivity index (χ1n) is 11.0. The highest BCUT2D eigenvalue weighted by Crippen LogP contribution is 2.39. The predicted molar refractivity (Wildman–Crippen MR) is 128 cm³/mol. The number of carbonyl (C=O) groups is 2. The molecule has 2 heterocycles. The molecule has 1 aliphatic rings. The minimum absolute atomic E-state index is 0.220. The molecule has 37 heavy (non-hydrogen) atoms. The average molecular weight is 531 g/mol. The van der Waals surface area contributed by atoms with E-state index in [1.54, 1.807) is 60.0 Å². The number of alkyl carbamates (subject to hydrolysis) is 1. The Morgan fingerprint density at radius 3 is 2.43 bits per heavy atom. The van der Waals surface area contributed by atoms with Crippen molar-refractivity contribution >= 4 is 34.5 Å². The van der Waals surface area contributed by atoms with Crippen molar-refractivity contribution in [3.63, 3.8) is 0 Å². The topological polar surface area (TPSA) is 78.8 Å². The molecule has 1 aliphatic heterocycles. The Kier molecular flexibility index (Phi) is 6.20. The van der Waals surface area contributed by atoms with Gasteiger partial charge in [-0.1, -0.05) is 29.8 Å². The van der Waals surface area contributed by atoms with Gasteiger partial charge in [-0.15, -0.1) is 13.2 Å². The quantitative estimate of drug-likeness (QED) is 0.302. The zero-order chi connectivity index (χ0) is 26.3. The van der Waals surface area contributed by atoms with Crippen molar-refractivity contribution in [1.29, 1.82) is 0 Å². The number of halogens is 4. The van der Waals surface area contributed by atoms with Gasteiger partial charge in [0.25, 0.3) is 5.91 Å². The second-order valence-corrected chi connectivity index (χ2v) is 8.74. The second kappa shape index (κ2) is 9.36. The van der Waals surface area contributed by atoms with Gasteiger partial charge in [-0.3, -0.25) is 10.1 Å². The van der Waals surface area contributed by atoms with Crippen LogP contribution >= 0.6 is 11.6 Å². The third-order valence-corrected chi connectivity index (χ3v) is 6.04. The molecular weight excluding hydrogens is 513 g/mol. The minimum atomic E-state index is -4.85. The molecule has 7 nitrogen and oxygen atoms in total. The summed E-state index contributed by atoms with van der Waals surface area (Å²) in [5.74, 6) is 0.00628. The summed E-state index contributed by atoms with van der Waals surface area (Å²) < 4.78 is 55.8. The summed E-state index contributed by atoms with van der Waals surface area (Å²) in [4.78, 5) is 23.5. The van der Waals surface area contributed by atoms with E-state index in [0.29, 0.717) is 44.2 Å². The Balaban J connectivity index is 1.56. The Bertz CT molecular complexity index is 1520. The van der Waals surface area contributed by atoms with Gasteiger partial charge >= 0.3 is 12.5 Å². The molecule has 2 amide bonds. The molecule has 5 rings (SSSR count). The molecule has 1 aromatic heterocycles. The van der Waals surface area contributed by atoms with Gasteiger partial charge in [0.1, 0.15) is 11.5 Å². The highest BCUT2D eigenvalue weighted by atomic mass is 35.5. The van der Waals surface area contributed by atoms with Crippen molar-refractivity contribution in [2.75, 3.05) is 0 Å². The number of rotatable bonds is 6. The maximum absolute atomic E-state index is 12.9. The van der Waals surface area contributed by atoms with Gasteiger partial charge in [0.15, 0.2) is 5.75 Å². The summed E-state index contributed by atoms with van der Waals surface area (Å²) in [6.45, 7) is 2.00. The van der Waals surface area contributed by atoms with E-state index >= 15 is 0 Å². The van der Waals surface area contributed by atoms with E-state index in [-0.39, 0.29) is 12.3 Å². The van der Waals surface area contributed by atoms with Gasteiger partial charge < -0.3 is 18.8 Å². The number of nitrogens with one attached hydrogen (secondary N) is 1. The lowest BCUT2D eigenvalue weighted by atomic mass is 10.1. The van der Waals surface area contributed by atoms with Crippen molar-refractivity contribution < 1.29 is 37.0 Å². The van der Waals surface area contributed by atoms with E-state index in [0.717, 1.165) is 0 Å². The van der Waals surface area contributed by atoms with E-state index in [1.165, 1.54) is 18.2 Å². The van der Waals surface area contributed by atoms with Crippen LogP contribution in [0.25, 0.3) is 10.9 Å². The molecule has 190 valence electrons. The number of aromatic nitrogens is 1. The largest absolute Gasteiger partial charge is 0.573 e. The average Bonchev–Trinajstić information content (AvgIpc) is 3.30. The number of ether oxygens (including phenoxy) is 3. The normalized spacial score (nSPS) is 15.5. The summed E-state index contributed by atoms with van der Waals surface area (Å²) >= 11 is 5.96. The number of cyclic esters (lactones) is 1. The molecular formula is C26H18ClF3N2O5. The molecule has 1 N–H and O–H groups in total. The molecule has 11 heteroatoms. The summed E-state index contributed by atoms with van der Waals surface area (Å²) in [6.07, 6.45) is -6.75. The van der Waals surface area contributed by atoms with Crippen molar-refractivity contribution in [2.45, 2.75) is 25.9 Å². The van der Waals surface area contributed by atoms with Crippen LogP contribution in [0.5, 0.6) is 17.2 Å². The first-order chi connectivity index (χ1) is 17.6. The van der Waals surface area contributed by atoms with Crippen LogP contribution in [-0.2, 0) is 16.1 Å². The molecule has 0 spiro atoms. The molecule has 0 radical (unpaired) electrons. The van der Waals surface area contributed by atoms with Crippen LogP contribution in [0.3, 0.4) is 0 Å². The van der Waals surface area contributed by atoms with Crippen molar-refractivity contribution in [2.24, 2.45) is 0 Å². The maximum atomic E-state index is 12.9. The van der Waals surface area contributed by atoms with Crippen molar-refractivity contribution in [3.05, 3.63) is 88.6 Å². The third kappa shape index (κ3) is 5.19. The molecule has 1 fully saturated rings. The maximum Gasteiger partial charge on any atom is 0.573 e. The summed E-state index contributed by atoms with van der Waals surface area (Å²) in [6, 6.07) is 17.6. The number of imide groups is 1. The second-order valence-electron chi connectivity index (χ2n) is 8.30. The van der Waals surface area contributed by atoms with Crippen LogP contribution in [-0.4, -0.2) is 22.9 Å². The van der Waals surface area contributed by atoms with Gasteiger partial charge in [0.2, 0.25) is 6.10 Å². The Morgan fingerprint density at radius 2 is 1.76 bits per heavy atom. The van der Waals surface area contributed by atoms with Crippen molar-refractivity contribution in [1.82, 2.24) is 9.88 Å². The van der Waals surface area contributed by atoms with E-state index < -0.39 is 24.5 Å². The van der Waals surface area contributed by atoms with Crippen LogP contribution in [0, 0.1) is 6.92 Å². The monoisotopic (exact) mass is 530 g/mol. The highest BCUT2D eigenvalue weighted by Gasteiger charge is 2.34. The lowest BCUT2D eigenvalue weighted by Crippen LogP contribution is -2.20. The van der Waals surface area contributed by atoms with E-state index in [2.05, 4.69) is 10.1 Å². The van der Waals surface area contributed by atoms with Gasteiger partial charge in [0, 0.05) is 28.6 Å². The molecule has 3 aromatic carbocycles. The van der Waals surface area contributed by atoms with Crippen LogP contribution in [0.15, 0.2) is 66.7 Å². The molecule has 4 aromatic rings. The zero-order valence-corrected chi connectivity index (χ0v) is 19.9. The fourth-order valence-electron chi connectivity index (χ4n) is 4.19. The number of nitrogens with zero attached hydrogens (tertiary/aromatic N) is 1. The van der Waals surface area contributed by atoms with Crippen LogP contribution < -0.4 is 14.8 Å². The number of benzene rings is 3. The summed E-state index contributed by atoms with van der Waals surface area (Å²) in [7, 11) is 0. The SMILES string of the molecule is Cc1c(Oc2ccc(Cl)cc2)c2ccc(OC(F)(F)F)cc2n1Cc1cccc(C2OC(=O)NC2=O)c1. The first-order valence-corrected chi connectivity index (χ1v) is 11.4. The van der Waals surface area contributed by atoms with Gasteiger partial charge in [0.05, 0.1) is 11.2 Å². The highest BCUT2D eigenvalue weighted by molar-refractivity contribution is 6.30. The minimum Gasteiger partial charge on any atom is -0.455 e.